The summed E-state index contributed by atoms with van der Waals surface area (Å²) in [7, 11) is 0. The molecule has 0 aliphatic heterocycles. The van der Waals surface area contributed by atoms with Crippen molar-refractivity contribution >= 4 is 43.7 Å². The first-order valence-corrected chi connectivity index (χ1v) is 15.4. The Balaban J connectivity index is 1.37. The summed E-state index contributed by atoms with van der Waals surface area (Å²) in [6, 6.07) is 9.01. The van der Waals surface area contributed by atoms with Gasteiger partial charge in [-0.2, -0.15) is 0 Å². The smallest absolute Gasteiger partial charge is 0.164 e. The van der Waals surface area contributed by atoms with E-state index in [9.17, 15) is 6.85 Å². The summed E-state index contributed by atoms with van der Waals surface area (Å²) < 4.78 is 151. The monoisotopic (exact) mass is 656 g/mol. The maximum atomic E-state index is 9.84. The second-order valence-corrected chi connectivity index (χ2v) is 11.2. The molecule has 0 aliphatic carbocycles. The van der Waals surface area contributed by atoms with Crippen LogP contribution in [0.15, 0.2) is 174 Å². The Kier molecular flexibility index (Phi) is 3.76. The fraction of sp³-hybridized carbons (Fsp3) is 0. The molecule has 5 nitrogen and oxygen atoms in total. The fourth-order valence-electron chi connectivity index (χ4n) is 6.21. The van der Waals surface area contributed by atoms with Crippen LogP contribution in [0.25, 0.3) is 94.7 Å². The van der Waals surface area contributed by atoms with Crippen LogP contribution in [-0.2, 0) is 0 Å². The van der Waals surface area contributed by atoms with Crippen molar-refractivity contribution in [1.29, 1.82) is 0 Å². The lowest BCUT2D eigenvalue weighted by molar-refractivity contribution is 0.669. The Morgan fingerprint density at radius 2 is 1.16 bits per heavy atom. The van der Waals surface area contributed by atoms with Crippen LogP contribution in [0.1, 0.15) is 21.9 Å². The lowest BCUT2D eigenvalue weighted by Crippen LogP contribution is -2.00. The summed E-state index contributed by atoms with van der Waals surface area (Å²) in [5.41, 5.74) is -0.971. The third kappa shape index (κ3) is 4.52. The van der Waals surface area contributed by atoms with Gasteiger partial charge in [0.25, 0.3) is 0 Å². The van der Waals surface area contributed by atoms with Crippen LogP contribution in [-0.4, -0.2) is 19.5 Å². The zero-order valence-corrected chi connectivity index (χ0v) is 25.6. The van der Waals surface area contributed by atoms with E-state index in [1.165, 1.54) is 0 Å². The number of aromatic nitrogens is 4. The zero-order chi connectivity index (χ0) is 46.9. The van der Waals surface area contributed by atoms with Gasteiger partial charge in [-0.1, -0.05) is 127 Å². The van der Waals surface area contributed by atoms with E-state index >= 15 is 0 Å². The van der Waals surface area contributed by atoms with Gasteiger partial charge in [-0.3, -0.25) is 0 Å². The van der Waals surface area contributed by atoms with E-state index in [2.05, 4.69) is 0 Å². The topological polar surface area (TPSA) is 56.7 Å². The Labute approximate surface area is 310 Å². The highest BCUT2D eigenvalue weighted by Gasteiger charge is 2.19. The normalized spacial score (nSPS) is 16.1. The Hall–Kier alpha value is -6.85. The lowest BCUT2D eigenvalue weighted by atomic mass is 9.97. The molecule has 0 amide bonds. The van der Waals surface area contributed by atoms with Gasteiger partial charge >= 0.3 is 0 Å². The standard InChI is InChI=1S/C45H28N4O/c1-3-14-29(15-4-1)43-46-44(48-45(47-43)36-23-13-27-40-42(36)35-21-8-10-26-39(35)50-40)31-17-11-16-30(28-31)33-22-12-25-38-41(33)34-20-7-9-24-37(34)49(38)32-18-5-2-6-19-32/h1-28H/i2D,5D,6D,7D,9D,11D,12D,16D,17D,18D,19D,20D,22D,24D,25D,28D. The van der Waals surface area contributed by atoms with Crippen molar-refractivity contribution in [2.24, 2.45) is 0 Å². The van der Waals surface area contributed by atoms with Gasteiger partial charge in [0.15, 0.2) is 17.5 Å². The van der Waals surface area contributed by atoms with Gasteiger partial charge in [-0.05, 0) is 53.5 Å². The zero-order valence-electron chi connectivity index (χ0n) is 41.6. The van der Waals surface area contributed by atoms with Crippen LogP contribution < -0.4 is 0 Å². The number of nitrogens with zero attached hydrogens (tertiary/aromatic N) is 4. The van der Waals surface area contributed by atoms with E-state index in [-0.39, 0.29) is 17.5 Å². The molecule has 0 bridgehead atoms. The van der Waals surface area contributed by atoms with Crippen LogP contribution in [0, 0.1) is 0 Å². The molecule has 3 aromatic heterocycles. The van der Waals surface area contributed by atoms with Gasteiger partial charge in [0, 0.05) is 43.9 Å². The molecule has 0 N–H and O–H groups in total. The highest BCUT2D eigenvalue weighted by Crippen LogP contribution is 2.40. The molecule has 7 aromatic carbocycles. The molecule has 10 rings (SSSR count). The number of rotatable bonds is 5. The van der Waals surface area contributed by atoms with Gasteiger partial charge in [0.2, 0.25) is 0 Å². The first kappa shape index (κ1) is 16.5. The number of fused-ring (bicyclic) bond motifs is 6. The van der Waals surface area contributed by atoms with Crippen LogP contribution in [0.3, 0.4) is 0 Å². The molecule has 234 valence electrons. The van der Waals surface area contributed by atoms with Crippen molar-refractivity contribution in [3.63, 3.8) is 0 Å². The second-order valence-electron chi connectivity index (χ2n) is 11.2. The number of para-hydroxylation sites is 3. The molecule has 0 unspecified atom stereocenters. The predicted octanol–water partition coefficient (Wildman–Crippen LogP) is 11.5. The van der Waals surface area contributed by atoms with E-state index in [0.717, 1.165) is 9.95 Å². The average molecular weight is 657 g/mol. The quantitative estimate of drug-likeness (QED) is 0.185. The summed E-state index contributed by atoms with van der Waals surface area (Å²) in [5.74, 6) is -0.0931. The van der Waals surface area contributed by atoms with Crippen LogP contribution >= 0.6 is 0 Å². The third-order valence-electron chi connectivity index (χ3n) is 8.34. The maximum Gasteiger partial charge on any atom is 0.164 e. The molecule has 0 radical (unpaired) electrons. The molecular formula is C45H28N4O. The molecular weight excluding hydrogens is 613 g/mol. The van der Waals surface area contributed by atoms with E-state index in [0.29, 0.717) is 27.7 Å². The van der Waals surface area contributed by atoms with E-state index in [4.69, 9.17) is 34.4 Å². The van der Waals surface area contributed by atoms with Crippen LogP contribution in [0.4, 0.5) is 0 Å². The maximum absolute atomic E-state index is 9.84. The van der Waals surface area contributed by atoms with Gasteiger partial charge in [0.05, 0.1) is 33.0 Å². The Morgan fingerprint density at radius 3 is 2.06 bits per heavy atom. The SMILES string of the molecule is [2H]c1c([2H])c([2H])c(-n2c3c([2H])c([2H])c([2H])c([2H])c3c3c(-c4c([2H])c([2H])c([2H])c(-c5nc(-c6ccccc6)nc(-c6cccc7oc8ccccc8c67)n5)c4[2H])c([2H])c([2H])c([2H])c32)c([2H])c1[2H]. The highest BCUT2D eigenvalue weighted by atomic mass is 16.3. The van der Waals surface area contributed by atoms with Gasteiger partial charge in [-0.15, -0.1) is 0 Å². The predicted molar refractivity (Wildman–Crippen MR) is 203 cm³/mol. The molecule has 0 atom stereocenters. The van der Waals surface area contributed by atoms with E-state index < -0.39 is 141 Å². The first-order valence-electron chi connectivity index (χ1n) is 23.4. The Morgan fingerprint density at radius 1 is 0.460 bits per heavy atom. The molecule has 0 saturated heterocycles. The molecule has 0 aliphatic rings. The number of benzene rings is 7. The molecule has 0 spiro atoms. The summed E-state index contributed by atoms with van der Waals surface area (Å²) in [4.78, 5) is 14.4. The molecule has 3 heterocycles. The fourth-order valence-corrected chi connectivity index (χ4v) is 6.21. The number of hydrogen-bond acceptors (Lipinski definition) is 4. The van der Waals surface area contributed by atoms with E-state index in [1.807, 2.05) is 24.3 Å². The minimum absolute atomic E-state index is 0.0890. The minimum Gasteiger partial charge on any atom is -0.456 e. The average Bonchev–Trinajstić information content (AvgIpc) is 3.88. The number of furan rings is 1. The van der Waals surface area contributed by atoms with Crippen molar-refractivity contribution in [3.05, 3.63) is 169 Å². The van der Waals surface area contributed by atoms with Crippen molar-refractivity contribution < 1.29 is 26.3 Å². The lowest BCUT2D eigenvalue weighted by Gasteiger charge is -2.11. The second kappa shape index (κ2) is 11.4. The number of hydrogen-bond donors (Lipinski definition) is 0. The van der Waals surface area contributed by atoms with Gasteiger partial charge in [-0.25, -0.2) is 15.0 Å². The summed E-state index contributed by atoms with van der Waals surface area (Å²) >= 11 is 0. The third-order valence-corrected chi connectivity index (χ3v) is 8.34. The molecule has 5 heteroatoms. The Bertz CT molecular complexity index is 3770. The molecule has 10 aromatic rings. The summed E-state index contributed by atoms with van der Waals surface area (Å²) in [6.45, 7) is 0. The van der Waals surface area contributed by atoms with Crippen molar-refractivity contribution in [2.45, 2.75) is 0 Å². The van der Waals surface area contributed by atoms with E-state index in [1.54, 1.807) is 48.5 Å². The van der Waals surface area contributed by atoms with Crippen molar-refractivity contribution in [3.8, 4) is 51.0 Å². The molecule has 50 heavy (non-hydrogen) atoms. The van der Waals surface area contributed by atoms with Gasteiger partial charge in [0.1, 0.15) is 11.2 Å². The first-order chi connectivity index (χ1) is 31.5. The summed E-state index contributed by atoms with van der Waals surface area (Å²) in [5, 5.41) is 0.583. The largest absolute Gasteiger partial charge is 0.456 e. The summed E-state index contributed by atoms with van der Waals surface area (Å²) in [6.07, 6.45) is 0. The van der Waals surface area contributed by atoms with Crippen LogP contribution in [0.2, 0.25) is 0 Å². The van der Waals surface area contributed by atoms with Crippen molar-refractivity contribution in [2.75, 3.05) is 0 Å². The molecule has 0 fully saturated rings. The van der Waals surface area contributed by atoms with Gasteiger partial charge < -0.3 is 8.98 Å². The van der Waals surface area contributed by atoms with Crippen LogP contribution in [0.5, 0.6) is 0 Å². The molecule has 0 saturated carbocycles. The highest BCUT2D eigenvalue weighted by molar-refractivity contribution is 6.16. The minimum atomic E-state index is -0.847. The van der Waals surface area contributed by atoms with Crippen molar-refractivity contribution in [1.82, 2.24) is 19.5 Å².